The zero-order valence-corrected chi connectivity index (χ0v) is 13.1. The Morgan fingerprint density at radius 1 is 1.33 bits per heavy atom. The maximum atomic E-state index is 10.4. The number of halogens is 1. The van der Waals surface area contributed by atoms with Crippen LogP contribution in [0.25, 0.3) is 0 Å². The molecule has 1 aromatic rings. The molecule has 18 heavy (non-hydrogen) atoms. The Balaban J connectivity index is 2.72. The van der Waals surface area contributed by atoms with Crippen LogP contribution in [0.3, 0.4) is 0 Å². The second kappa shape index (κ2) is 7.15. The van der Waals surface area contributed by atoms with E-state index < -0.39 is 5.60 Å². The molecule has 0 fully saturated rings. The number of benzene rings is 1. The van der Waals surface area contributed by atoms with E-state index in [1.807, 2.05) is 25.1 Å². The summed E-state index contributed by atoms with van der Waals surface area (Å²) in [5, 5.41) is 10.4. The van der Waals surface area contributed by atoms with Gasteiger partial charge in [0.25, 0.3) is 0 Å². The summed E-state index contributed by atoms with van der Waals surface area (Å²) in [6.07, 6.45) is 4.87. The number of methoxy groups -OCH3 is 1. The van der Waals surface area contributed by atoms with E-state index in [0.29, 0.717) is 6.42 Å². The zero-order chi connectivity index (χ0) is 13.6. The normalized spacial score (nSPS) is 14.3. The molecule has 0 aliphatic heterocycles. The molecule has 0 aromatic heterocycles. The molecule has 0 radical (unpaired) electrons. The summed E-state index contributed by atoms with van der Waals surface area (Å²) in [7, 11) is 1.67. The summed E-state index contributed by atoms with van der Waals surface area (Å²) in [5.74, 6) is 0.842. The van der Waals surface area contributed by atoms with Gasteiger partial charge in [0.15, 0.2) is 0 Å². The van der Waals surface area contributed by atoms with Crippen molar-refractivity contribution >= 4 is 15.9 Å². The molecule has 102 valence electrons. The lowest BCUT2D eigenvalue weighted by atomic mass is 9.90. The Bertz CT molecular complexity index is 375. The highest BCUT2D eigenvalue weighted by atomic mass is 79.9. The van der Waals surface area contributed by atoms with Gasteiger partial charge in [-0.15, -0.1) is 0 Å². The molecule has 3 heteroatoms. The zero-order valence-electron chi connectivity index (χ0n) is 11.5. The SMILES string of the molecule is CCCCCC(C)(O)Cc1cc(Br)ccc1OC. The first kappa shape index (κ1) is 15.5. The summed E-state index contributed by atoms with van der Waals surface area (Å²) in [5.41, 5.74) is 0.386. The second-order valence-corrected chi connectivity index (χ2v) is 6.00. The van der Waals surface area contributed by atoms with E-state index in [9.17, 15) is 5.11 Å². The van der Waals surface area contributed by atoms with Gasteiger partial charge in [-0.25, -0.2) is 0 Å². The number of aliphatic hydroxyl groups is 1. The highest BCUT2D eigenvalue weighted by Crippen LogP contribution is 2.28. The molecule has 0 spiro atoms. The van der Waals surface area contributed by atoms with Crippen molar-refractivity contribution in [2.75, 3.05) is 7.11 Å². The van der Waals surface area contributed by atoms with E-state index in [2.05, 4.69) is 22.9 Å². The lowest BCUT2D eigenvalue weighted by Gasteiger charge is -2.24. The molecule has 0 saturated carbocycles. The Kier molecular flexibility index (Phi) is 6.16. The smallest absolute Gasteiger partial charge is 0.122 e. The third kappa shape index (κ3) is 4.99. The molecule has 1 rings (SSSR count). The van der Waals surface area contributed by atoms with Crippen LogP contribution in [0, 0.1) is 0 Å². The molecule has 1 aromatic carbocycles. The van der Waals surface area contributed by atoms with Crippen molar-refractivity contribution in [3.63, 3.8) is 0 Å². The van der Waals surface area contributed by atoms with Crippen LogP contribution in [0.5, 0.6) is 5.75 Å². The molecule has 2 nitrogen and oxygen atoms in total. The van der Waals surface area contributed by atoms with Gasteiger partial charge in [0.2, 0.25) is 0 Å². The first-order valence-corrected chi connectivity index (χ1v) is 7.32. The highest BCUT2D eigenvalue weighted by Gasteiger charge is 2.22. The number of rotatable bonds is 7. The van der Waals surface area contributed by atoms with Crippen molar-refractivity contribution in [1.29, 1.82) is 0 Å². The quantitative estimate of drug-likeness (QED) is 0.759. The molecule has 0 bridgehead atoms. The maximum Gasteiger partial charge on any atom is 0.122 e. The lowest BCUT2D eigenvalue weighted by Crippen LogP contribution is -2.27. The third-order valence-corrected chi connectivity index (χ3v) is 3.63. The monoisotopic (exact) mass is 314 g/mol. The van der Waals surface area contributed by atoms with Gasteiger partial charge in [0, 0.05) is 10.9 Å². The van der Waals surface area contributed by atoms with Crippen molar-refractivity contribution in [2.24, 2.45) is 0 Å². The van der Waals surface area contributed by atoms with Gasteiger partial charge in [-0.3, -0.25) is 0 Å². The minimum Gasteiger partial charge on any atom is -0.496 e. The molecule has 0 saturated heterocycles. The van der Waals surface area contributed by atoms with Crippen LogP contribution in [0.15, 0.2) is 22.7 Å². The number of ether oxygens (including phenoxy) is 1. The summed E-state index contributed by atoms with van der Waals surface area (Å²) < 4.78 is 6.36. The van der Waals surface area contributed by atoms with Gasteiger partial charge < -0.3 is 9.84 Å². The summed E-state index contributed by atoms with van der Waals surface area (Å²) in [4.78, 5) is 0. The van der Waals surface area contributed by atoms with E-state index in [0.717, 1.165) is 28.6 Å². The van der Waals surface area contributed by atoms with Crippen LogP contribution in [0.1, 0.15) is 45.1 Å². The first-order valence-electron chi connectivity index (χ1n) is 6.53. The van der Waals surface area contributed by atoms with E-state index in [4.69, 9.17) is 4.74 Å². The Labute approximate surface area is 118 Å². The van der Waals surface area contributed by atoms with Crippen LogP contribution in [0.2, 0.25) is 0 Å². The summed E-state index contributed by atoms with van der Waals surface area (Å²) in [6.45, 7) is 4.08. The number of hydrogen-bond acceptors (Lipinski definition) is 2. The Hall–Kier alpha value is -0.540. The van der Waals surface area contributed by atoms with E-state index in [-0.39, 0.29) is 0 Å². The number of unbranched alkanes of at least 4 members (excludes halogenated alkanes) is 2. The van der Waals surface area contributed by atoms with Gasteiger partial charge >= 0.3 is 0 Å². The van der Waals surface area contributed by atoms with Crippen molar-refractivity contribution in [1.82, 2.24) is 0 Å². The van der Waals surface area contributed by atoms with Crippen molar-refractivity contribution in [3.8, 4) is 5.75 Å². The van der Waals surface area contributed by atoms with Crippen molar-refractivity contribution in [2.45, 2.75) is 51.6 Å². The highest BCUT2D eigenvalue weighted by molar-refractivity contribution is 9.10. The molecular formula is C15H23BrO2. The molecule has 1 atom stereocenters. The molecule has 0 aliphatic carbocycles. The molecule has 0 aliphatic rings. The topological polar surface area (TPSA) is 29.5 Å². The van der Waals surface area contributed by atoms with Gasteiger partial charge in [-0.2, -0.15) is 0 Å². The fraction of sp³-hybridized carbons (Fsp3) is 0.600. The van der Waals surface area contributed by atoms with Crippen LogP contribution in [0.4, 0.5) is 0 Å². The molecule has 0 heterocycles. The Morgan fingerprint density at radius 2 is 2.06 bits per heavy atom. The predicted molar refractivity (Wildman–Crippen MR) is 79.2 cm³/mol. The standard InChI is InChI=1S/C15H23BrO2/c1-4-5-6-9-15(2,17)11-12-10-13(16)7-8-14(12)18-3/h7-8,10,17H,4-6,9,11H2,1-3H3. The van der Waals surface area contributed by atoms with Crippen LogP contribution < -0.4 is 4.74 Å². The molecule has 1 unspecified atom stereocenters. The minimum atomic E-state index is -0.663. The maximum absolute atomic E-state index is 10.4. The van der Waals surface area contributed by atoms with Crippen molar-refractivity contribution < 1.29 is 9.84 Å². The minimum absolute atomic E-state index is 0.624. The average molecular weight is 315 g/mol. The fourth-order valence-electron chi connectivity index (χ4n) is 2.14. The first-order chi connectivity index (χ1) is 8.48. The molecule has 0 amide bonds. The molecule has 1 N–H and O–H groups in total. The van der Waals surface area contributed by atoms with Crippen molar-refractivity contribution in [3.05, 3.63) is 28.2 Å². The summed E-state index contributed by atoms with van der Waals surface area (Å²) in [6, 6.07) is 5.91. The number of hydrogen-bond donors (Lipinski definition) is 1. The fourth-order valence-corrected chi connectivity index (χ4v) is 2.55. The summed E-state index contributed by atoms with van der Waals surface area (Å²) >= 11 is 3.46. The van der Waals surface area contributed by atoms with Gasteiger partial charge in [-0.05, 0) is 37.1 Å². The van der Waals surface area contributed by atoms with E-state index >= 15 is 0 Å². The van der Waals surface area contributed by atoms with E-state index in [1.54, 1.807) is 7.11 Å². The second-order valence-electron chi connectivity index (χ2n) is 5.09. The van der Waals surface area contributed by atoms with Crippen LogP contribution in [-0.2, 0) is 6.42 Å². The van der Waals surface area contributed by atoms with E-state index in [1.165, 1.54) is 12.8 Å². The molecular weight excluding hydrogens is 292 g/mol. The predicted octanol–water partition coefficient (Wildman–Crippen LogP) is 4.33. The van der Waals surface area contributed by atoms with Gasteiger partial charge in [-0.1, -0.05) is 42.1 Å². The van der Waals surface area contributed by atoms with Gasteiger partial charge in [0.1, 0.15) is 5.75 Å². The lowest BCUT2D eigenvalue weighted by molar-refractivity contribution is 0.0480. The largest absolute Gasteiger partial charge is 0.496 e. The van der Waals surface area contributed by atoms with Gasteiger partial charge in [0.05, 0.1) is 12.7 Å². The Morgan fingerprint density at radius 3 is 2.67 bits per heavy atom. The van der Waals surface area contributed by atoms with Crippen LogP contribution >= 0.6 is 15.9 Å². The third-order valence-electron chi connectivity index (χ3n) is 3.13. The van der Waals surface area contributed by atoms with Crippen LogP contribution in [-0.4, -0.2) is 17.8 Å². The average Bonchev–Trinajstić information content (AvgIpc) is 2.29.